The van der Waals surface area contributed by atoms with E-state index >= 15 is 0 Å². The Morgan fingerprint density at radius 1 is 1.24 bits per heavy atom. The number of rotatable bonds is 4. The zero-order valence-corrected chi connectivity index (χ0v) is 16.8. The van der Waals surface area contributed by atoms with Gasteiger partial charge in [-0.15, -0.1) is 0 Å². The number of allylic oxidation sites excluding steroid dienone is 1. The van der Waals surface area contributed by atoms with Gasteiger partial charge in [0.15, 0.2) is 0 Å². The molecular weight excluding hydrogens is 439 g/mol. The highest BCUT2D eigenvalue weighted by atomic mass is 35.5. The first kappa shape index (κ1) is 21.0. The molecule has 1 fully saturated rings. The minimum Gasteiger partial charge on any atom is -0.397 e. The normalized spacial score (nSPS) is 22.1. The summed E-state index contributed by atoms with van der Waals surface area (Å²) in [6, 6.07) is 1.82. The van der Waals surface area contributed by atoms with E-state index in [1.54, 1.807) is 19.9 Å². The fraction of sp³-hybridized carbons (Fsp3) is 0.438. The molecule has 25 heavy (non-hydrogen) atoms. The average Bonchev–Trinajstić information content (AvgIpc) is 2.47. The van der Waals surface area contributed by atoms with Gasteiger partial charge in [0.2, 0.25) is 0 Å². The van der Waals surface area contributed by atoms with Crippen LogP contribution in [0.1, 0.15) is 25.8 Å². The molecule has 9 heteroatoms. The standard InChI is InChI=1S/C16H13Cl5F2O2/c1-15(2)7(6-12(19)20)3-9(15)14(24)25-16(22,23)8-4-10(17)13(21)11(18)5-8/h4-7,9H,3H2,1-2H3. The first-order valence-electron chi connectivity index (χ1n) is 7.14. The fourth-order valence-electron chi connectivity index (χ4n) is 2.77. The third-order valence-corrected chi connectivity index (χ3v) is 5.95. The molecule has 0 radical (unpaired) electrons. The van der Waals surface area contributed by atoms with Gasteiger partial charge in [-0.2, -0.15) is 8.78 Å². The molecule has 138 valence electrons. The number of hydrogen-bond donors (Lipinski definition) is 0. The third kappa shape index (κ3) is 4.36. The minimum absolute atomic E-state index is 0.0538. The van der Waals surface area contributed by atoms with Crippen LogP contribution in [0.5, 0.6) is 0 Å². The monoisotopic (exact) mass is 450 g/mol. The molecule has 1 aromatic rings. The lowest BCUT2D eigenvalue weighted by Gasteiger charge is -2.49. The summed E-state index contributed by atoms with van der Waals surface area (Å²) >= 11 is 28.5. The van der Waals surface area contributed by atoms with E-state index in [-0.39, 0.29) is 25.5 Å². The molecule has 0 N–H and O–H groups in total. The summed E-state index contributed by atoms with van der Waals surface area (Å²) in [6.45, 7) is 3.52. The van der Waals surface area contributed by atoms with E-state index in [1.807, 2.05) is 0 Å². The molecule has 0 aromatic heterocycles. The van der Waals surface area contributed by atoms with Gasteiger partial charge in [-0.1, -0.05) is 77.9 Å². The van der Waals surface area contributed by atoms with Crippen molar-refractivity contribution in [3.05, 3.63) is 43.3 Å². The molecule has 0 saturated heterocycles. The van der Waals surface area contributed by atoms with Gasteiger partial charge in [0.1, 0.15) is 4.49 Å². The number of hydrogen-bond acceptors (Lipinski definition) is 2. The highest BCUT2D eigenvalue weighted by Crippen LogP contribution is 2.54. The zero-order valence-electron chi connectivity index (χ0n) is 13.1. The Balaban J connectivity index is 2.16. The third-order valence-electron chi connectivity index (χ3n) is 4.50. The van der Waals surface area contributed by atoms with Gasteiger partial charge in [0.05, 0.1) is 26.5 Å². The first-order chi connectivity index (χ1) is 11.4. The molecule has 2 unspecified atom stereocenters. The average molecular weight is 453 g/mol. The van der Waals surface area contributed by atoms with Gasteiger partial charge < -0.3 is 4.74 Å². The molecule has 0 aliphatic heterocycles. The van der Waals surface area contributed by atoms with Gasteiger partial charge in [-0.05, 0) is 29.9 Å². The molecule has 2 atom stereocenters. The predicted octanol–water partition coefficient (Wildman–Crippen LogP) is 7.22. The Morgan fingerprint density at radius 2 is 1.76 bits per heavy atom. The van der Waals surface area contributed by atoms with E-state index in [1.165, 1.54) is 0 Å². The SMILES string of the molecule is CC1(C)C(C=C(Cl)Cl)CC1C(=O)OC(F)(F)c1cc(Cl)c(Cl)c(Cl)c1. The lowest BCUT2D eigenvalue weighted by atomic mass is 9.55. The summed E-state index contributed by atoms with van der Waals surface area (Å²) in [5.74, 6) is -1.85. The molecule has 0 amide bonds. The van der Waals surface area contributed by atoms with Crippen LogP contribution in [0.4, 0.5) is 8.78 Å². The minimum atomic E-state index is -3.89. The number of carbonyl (C=O) groups excluding carboxylic acids is 1. The molecule has 1 aliphatic carbocycles. The highest BCUT2D eigenvalue weighted by Gasteiger charge is 2.53. The maximum absolute atomic E-state index is 14.3. The molecule has 0 heterocycles. The van der Waals surface area contributed by atoms with Crippen molar-refractivity contribution in [2.24, 2.45) is 17.3 Å². The summed E-state index contributed by atoms with van der Waals surface area (Å²) in [6.07, 6.45) is -1.99. The molecule has 1 aromatic carbocycles. The molecule has 1 aliphatic rings. The second kappa shape index (κ2) is 7.40. The first-order valence-corrected chi connectivity index (χ1v) is 9.03. The van der Waals surface area contributed by atoms with Crippen LogP contribution in [0, 0.1) is 17.3 Å². The van der Waals surface area contributed by atoms with E-state index in [0.717, 1.165) is 12.1 Å². The quantitative estimate of drug-likeness (QED) is 0.356. The van der Waals surface area contributed by atoms with Crippen LogP contribution in [0.15, 0.2) is 22.7 Å². The van der Waals surface area contributed by atoms with Crippen molar-refractivity contribution in [1.82, 2.24) is 0 Å². The summed E-state index contributed by atoms with van der Waals surface area (Å²) in [5.41, 5.74) is -1.27. The van der Waals surface area contributed by atoms with Crippen molar-refractivity contribution in [2.75, 3.05) is 0 Å². The summed E-state index contributed by atoms with van der Waals surface area (Å²) in [5, 5.41) is -0.376. The van der Waals surface area contributed by atoms with Crippen molar-refractivity contribution in [2.45, 2.75) is 26.4 Å². The number of alkyl halides is 2. The second-order valence-electron chi connectivity index (χ2n) is 6.36. The maximum Gasteiger partial charge on any atom is 0.428 e. The van der Waals surface area contributed by atoms with Gasteiger partial charge in [0.25, 0.3) is 0 Å². The Morgan fingerprint density at radius 3 is 2.20 bits per heavy atom. The number of carbonyl (C=O) groups is 1. The van der Waals surface area contributed by atoms with E-state index in [4.69, 9.17) is 58.0 Å². The van der Waals surface area contributed by atoms with Crippen LogP contribution < -0.4 is 0 Å². The van der Waals surface area contributed by atoms with Crippen molar-refractivity contribution < 1.29 is 18.3 Å². The van der Waals surface area contributed by atoms with Crippen molar-refractivity contribution in [3.8, 4) is 0 Å². The molecular formula is C16H13Cl5F2O2. The van der Waals surface area contributed by atoms with Crippen LogP contribution in [-0.4, -0.2) is 5.97 Å². The second-order valence-corrected chi connectivity index (χ2v) is 8.56. The highest BCUT2D eigenvalue weighted by molar-refractivity contribution is 6.55. The van der Waals surface area contributed by atoms with Crippen LogP contribution >= 0.6 is 58.0 Å². The Bertz CT molecular complexity index is 706. The molecule has 2 rings (SSSR count). The molecule has 0 bridgehead atoms. The van der Waals surface area contributed by atoms with Crippen molar-refractivity contribution in [3.63, 3.8) is 0 Å². The Labute approximate surface area is 169 Å². The van der Waals surface area contributed by atoms with Crippen LogP contribution in [-0.2, 0) is 15.6 Å². The molecule has 2 nitrogen and oxygen atoms in total. The van der Waals surface area contributed by atoms with Gasteiger partial charge in [-0.25, -0.2) is 0 Å². The smallest absolute Gasteiger partial charge is 0.397 e. The van der Waals surface area contributed by atoms with E-state index in [0.29, 0.717) is 6.42 Å². The van der Waals surface area contributed by atoms with E-state index in [9.17, 15) is 13.6 Å². The number of esters is 1. The lowest BCUT2D eigenvalue weighted by molar-refractivity contribution is -0.251. The van der Waals surface area contributed by atoms with Gasteiger partial charge in [0, 0.05) is 0 Å². The Hall–Kier alpha value is -0.260. The van der Waals surface area contributed by atoms with Crippen molar-refractivity contribution >= 4 is 64.0 Å². The molecule has 1 saturated carbocycles. The zero-order chi connectivity index (χ0) is 19.2. The summed E-state index contributed by atoms with van der Waals surface area (Å²) in [7, 11) is 0. The largest absolute Gasteiger partial charge is 0.428 e. The fourth-order valence-corrected chi connectivity index (χ4v) is 3.67. The summed E-state index contributed by atoms with van der Waals surface area (Å²) < 4.78 is 33.2. The topological polar surface area (TPSA) is 26.3 Å². The van der Waals surface area contributed by atoms with Crippen molar-refractivity contribution in [1.29, 1.82) is 0 Å². The van der Waals surface area contributed by atoms with E-state index in [2.05, 4.69) is 4.74 Å². The lowest BCUT2D eigenvalue weighted by Crippen LogP contribution is -2.49. The number of benzene rings is 1. The number of ether oxygens (including phenoxy) is 1. The predicted molar refractivity (Wildman–Crippen MR) is 96.6 cm³/mol. The molecule has 0 spiro atoms. The van der Waals surface area contributed by atoms with E-state index < -0.39 is 29.0 Å². The Kier molecular flexibility index (Phi) is 6.23. The van der Waals surface area contributed by atoms with Gasteiger partial charge in [-0.3, -0.25) is 4.79 Å². The number of halogens is 7. The van der Waals surface area contributed by atoms with Gasteiger partial charge >= 0.3 is 12.1 Å². The van der Waals surface area contributed by atoms with Crippen LogP contribution in [0.2, 0.25) is 15.1 Å². The van der Waals surface area contributed by atoms with Crippen LogP contribution in [0.25, 0.3) is 0 Å². The summed E-state index contributed by atoms with van der Waals surface area (Å²) in [4.78, 5) is 12.2. The van der Waals surface area contributed by atoms with Crippen LogP contribution in [0.3, 0.4) is 0 Å². The maximum atomic E-state index is 14.3.